The lowest BCUT2D eigenvalue weighted by molar-refractivity contribution is -0.141. The van der Waals surface area contributed by atoms with Crippen molar-refractivity contribution in [2.45, 2.75) is 26.1 Å². The first kappa shape index (κ1) is 23.8. The average Bonchev–Trinajstić information content (AvgIpc) is 2.87. The molecule has 12 heteroatoms. The van der Waals surface area contributed by atoms with Gasteiger partial charge in [-0.3, -0.25) is 19.3 Å². The molecule has 5 rings (SSSR count). The number of pyridine rings is 2. The van der Waals surface area contributed by atoms with E-state index in [1.165, 1.54) is 10.6 Å². The van der Waals surface area contributed by atoms with Crippen LogP contribution < -0.4 is 10.5 Å². The summed E-state index contributed by atoms with van der Waals surface area (Å²) in [7, 11) is 1.59. The second-order valence-electron chi connectivity index (χ2n) is 8.56. The SMILES string of the molecule is Cc1cc(C2CN(c3nc(-c4ccc(C(F)(F)F)nc4)c4nc(C)n(C)c(=O)c4n3)CCO2)ccn1. The molecule has 36 heavy (non-hydrogen) atoms. The van der Waals surface area contributed by atoms with Crippen molar-refractivity contribution < 1.29 is 17.9 Å². The predicted octanol–water partition coefficient (Wildman–Crippen LogP) is 3.39. The third kappa shape index (κ3) is 4.39. The number of aromatic nitrogens is 6. The van der Waals surface area contributed by atoms with Crippen LogP contribution in [-0.2, 0) is 18.0 Å². The van der Waals surface area contributed by atoms with Crippen LogP contribution >= 0.6 is 0 Å². The van der Waals surface area contributed by atoms with E-state index >= 15 is 0 Å². The van der Waals surface area contributed by atoms with Crippen LogP contribution in [-0.4, -0.2) is 49.2 Å². The van der Waals surface area contributed by atoms with Crippen molar-refractivity contribution in [3.63, 3.8) is 0 Å². The van der Waals surface area contributed by atoms with E-state index in [1.807, 2.05) is 24.0 Å². The monoisotopic (exact) mass is 497 g/mol. The molecule has 1 aliphatic heterocycles. The minimum Gasteiger partial charge on any atom is -0.370 e. The van der Waals surface area contributed by atoms with Gasteiger partial charge in [-0.15, -0.1) is 0 Å². The number of nitrogens with zero attached hydrogens (tertiary/aromatic N) is 7. The molecule has 4 aromatic rings. The summed E-state index contributed by atoms with van der Waals surface area (Å²) in [5, 5.41) is 0. The van der Waals surface area contributed by atoms with E-state index in [2.05, 4.69) is 24.9 Å². The standard InChI is InChI=1S/C24H22F3N7O2/c1-13-10-15(6-7-28-13)17-12-34(8-9-36-17)23-31-19(16-4-5-18(29-11-16)24(25,26)27)20-21(32-23)22(35)33(3)14(2)30-20/h4-7,10-11,17H,8-9,12H2,1-3H3. The van der Waals surface area contributed by atoms with Crippen molar-refractivity contribution in [3.05, 3.63) is 69.8 Å². The molecule has 5 heterocycles. The number of halogens is 3. The van der Waals surface area contributed by atoms with Gasteiger partial charge in [-0.25, -0.2) is 15.0 Å². The first-order valence-electron chi connectivity index (χ1n) is 11.2. The van der Waals surface area contributed by atoms with Crippen molar-refractivity contribution in [1.29, 1.82) is 0 Å². The Balaban J connectivity index is 1.62. The summed E-state index contributed by atoms with van der Waals surface area (Å²) in [5.74, 6) is 0.684. The van der Waals surface area contributed by atoms with Gasteiger partial charge >= 0.3 is 6.18 Å². The largest absolute Gasteiger partial charge is 0.433 e. The Morgan fingerprint density at radius 3 is 2.56 bits per heavy atom. The first-order valence-corrected chi connectivity index (χ1v) is 11.2. The van der Waals surface area contributed by atoms with Crippen molar-refractivity contribution in [2.75, 3.05) is 24.6 Å². The Hall–Kier alpha value is -3.93. The van der Waals surface area contributed by atoms with Crippen LogP contribution in [0.5, 0.6) is 0 Å². The number of morpholine rings is 1. The van der Waals surface area contributed by atoms with Gasteiger partial charge in [-0.1, -0.05) is 0 Å². The number of anilines is 1. The summed E-state index contributed by atoms with van der Waals surface area (Å²) in [6.45, 7) is 4.84. The molecule has 0 saturated carbocycles. The van der Waals surface area contributed by atoms with Crippen molar-refractivity contribution in [1.82, 2.24) is 29.5 Å². The van der Waals surface area contributed by atoms with Crippen molar-refractivity contribution in [2.24, 2.45) is 7.05 Å². The fraction of sp³-hybridized carbons (Fsp3) is 0.333. The van der Waals surface area contributed by atoms with Gasteiger partial charge in [0.1, 0.15) is 28.8 Å². The summed E-state index contributed by atoms with van der Waals surface area (Å²) in [6.07, 6.45) is -2.04. The minimum atomic E-state index is -4.57. The van der Waals surface area contributed by atoms with E-state index in [4.69, 9.17) is 4.74 Å². The zero-order valence-electron chi connectivity index (χ0n) is 19.7. The van der Waals surface area contributed by atoms with Gasteiger partial charge in [0.15, 0.2) is 5.52 Å². The van der Waals surface area contributed by atoms with E-state index in [0.717, 1.165) is 23.5 Å². The molecule has 1 aliphatic rings. The number of rotatable bonds is 3. The molecule has 0 aromatic carbocycles. The molecule has 0 spiro atoms. The van der Waals surface area contributed by atoms with Crippen LogP contribution in [0.2, 0.25) is 0 Å². The molecule has 1 saturated heterocycles. The van der Waals surface area contributed by atoms with E-state index in [0.29, 0.717) is 31.1 Å². The maximum absolute atomic E-state index is 13.1. The molecule has 1 atom stereocenters. The topological polar surface area (TPSA) is 98.9 Å². The summed E-state index contributed by atoms with van der Waals surface area (Å²) in [6, 6.07) is 5.98. The summed E-state index contributed by atoms with van der Waals surface area (Å²) in [4.78, 5) is 36.5. The lowest BCUT2D eigenvalue weighted by Crippen LogP contribution is -2.39. The Morgan fingerprint density at radius 2 is 1.86 bits per heavy atom. The van der Waals surface area contributed by atoms with Gasteiger partial charge in [-0.05, 0) is 43.7 Å². The summed E-state index contributed by atoms with van der Waals surface area (Å²) < 4.78 is 46.5. The van der Waals surface area contributed by atoms with Gasteiger partial charge in [0.05, 0.1) is 13.2 Å². The van der Waals surface area contributed by atoms with Crippen LogP contribution in [0, 0.1) is 13.8 Å². The van der Waals surface area contributed by atoms with Crippen LogP contribution in [0.1, 0.15) is 28.9 Å². The second-order valence-corrected chi connectivity index (χ2v) is 8.56. The highest BCUT2D eigenvalue weighted by Crippen LogP contribution is 2.31. The van der Waals surface area contributed by atoms with Gasteiger partial charge < -0.3 is 9.64 Å². The van der Waals surface area contributed by atoms with Crippen LogP contribution in [0.4, 0.5) is 19.1 Å². The second kappa shape index (κ2) is 8.94. The van der Waals surface area contributed by atoms with Gasteiger partial charge in [0.25, 0.3) is 5.56 Å². The number of alkyl halides is 3. The fourth-order valence-corrected chi connectivity index (χ4v) is 4.09. The number of ether oxygens (including phenoxy) is 1. The molecular weight excluding hydrogens is 475 g/mol. The average molecular weight is 497 g/mol. The summed E-state index contributed by atoms with van der Waals surface area (Å²) >= 11 is 0. The normalized spacial score (nSPS) is 16.5. The fourth-order valence-electron chi connectivity index (χ4n) is 4.09. The van der Waals surface area contributed by atoms with Crippen LogP contribution in [0.25, 0.3) is 22.3 Å². The Labute approximate surface area is 203 Å². The van der Waals surface area contributed by atoms with E-state index in [1.54, 1.807) is 20.2 Å². The molecule has 0 bridgehead atoms. The van der Waals surface area contributed by atoms with E-state index < -0.39 is 11.9 Å². The zero-order chi connectivity index (χ0) is 25.6. The number of hydrogen-bond donors (Lipinski definition) is 0. The highest BCUT2D eigenvalue weighted by atomic mass is 19.4. The van der Waals surface area contributed by atoms with E-state index in [-0.39, 0.29) is 34.3 Å². The summed E-state index contributed by atoms with van der Waals surface area (Å²) in [5.41, 5.74) is 1.23. The molecule has 9 nitrogen and oxygen atoms in total. The predicted molar refractivity (Wildman–Crippen MR) is 125 cm³/mol. The lowest BCUT2D eigenvalue weighted by atomic mass is 10.1. The zero-order valence-corrected chi connectivity index (χ0v) is 19.7. The van der Waals surface area contributed by atoms with Gasteiger partial charge in [-0.2, -0.15) is 13.2 Å². The number of fused-ring (bicyclic) bond motifs is 1. The highest BCUT2D eigenvalue weighted by molar-refractivity contribution is 5.89. The lowest BCUT2D eigenvalue weighted by Gasteiger charge is -2.33. The molecule has 0 N–H and O–H groups in total. The third-order valence-electron chi connectivity index (χ3n) is 6.11. The Kier molecular flexibility index (Phi) is 5.91. The highest BCUT2D eigenvalue weighted by Gasteiger charge is 2.32. The quantitative estimate of drug-likeness (QED) is 0.425. The molecular formula is C24H22F3N7O2. The molecule has 1 fully saturated rings. The maximum atomic E-state index is 13.1. The van der Waals surface area contributed by atoms with Crippen molar-refractivity contribution >= 4 is 17.0 Å². The molecule has 0 amide bonds. The third-order valence-corrected chi connectivity index (χ3v) is 6.11. The molecule has 0 radical (unpaired) electrons. The number of aryl methyl sites for hydroxylation is 2. The van der Waals surface area contributed by atoms with Crippen molar-refractivity contribution in [3.8, 4) is 11.3 Å². The first-order chi connectivity index (χ1) is 17.1. The van der Waals surface area contributed by atoms with Crippen LogP contribution in [0.15, 0.2) is 41.5 Å². The van der Waals surface area contributed by atoms with Crippen LogP contribution in [0.3, 0.4) is 0 Å². The smallest absolute Gasteiger partial charge is 0.370 e. The molecule has 1 unspecified atom stereocenters. The Morgan fingerprint density at radius 1 is 1.06 bits per heavy atom. The van der Waals surface area contributed by atoms with Gasteiger partial charge in [0, 0.05) is 37.2 Å². The molecule has 4 aromatic heterocycles. The molecule has 0 aliphatic carbocycles. The maximum Gasteiger partial charge on any atom is 0.433 e. The van der Waals surface area contributed by atoms with Gasteiger partial charge in [0.2, 0.25) is 5.95 Å². The molecule has 186 valence electrons. The number of hydrogen-bond acceptors (Lipinski definition) is 8. The Bertz CT molecular complexity index is 1500. The minimum absolute atomic E-state index is 0.0748. The van der Waals surface area contributed by atoms with E-state index in [9.17, 15) is 18.0 Å².